The Balaban J connectivity index is 1.58. The largest absolute Gasteiger partial charge is 0.494 e. The lowest BCUT2D eigenvalue weighted by atomic mass is 9.67. The van der Waals surface area contributed by atoms with Crippen molar-refractivity contribution in [3.63, 3.8) is 0 Å². The molecule has 1 atom stereocenters. The van der Waals surface area contributed by atoms with E-state index in [9.17, 15) is 13.6 Å². The van der Waals surface area contributed by atoms with Crippen molar-refractivity contribution in [2.45, 2.75) is 51.4 Å². The lowest BCUT2D eigenvalue weighted by Gasteiger charge is -2.43. The van der Waals surface area contributed by atoms with Crippen molar-refractivity contribution in [2.24, 2.45) is 0 Å². The molecule has 0 bridgehead atoms. The van der Waals surface area contributed by atoms with E-state index in [1.165, 1.54) is 12.1 Å². The van der Waals surface area contributed by atoms with Gasteiger partial charge in [0.15, 0.2) is 0 Å². The summed E-state index contributed by atoms with van der Waals surface area (Å²) in [5.74, 6) is 1.39. The van der Waals surface area contributed by atoms with Crippen LogP contribution >= 0.6 is 0 Å². The van der Waals surface area contributed by atoms with Crippen molar-refractivity contribution in [2.75, 3.05) is 11.5 Å². The van der Waals surface area contributed by atoms with Gasteiger partial charge in [-0.05, 0) is 56.2 Å². The van der Waals surface area contributed by atoms with Crippen LogP contribution in [0, 0.1) is 0 Å². The van der Waals surface area contributed by atoms with Crippen molar-refractivity contribution in [3.05, 3.63) is 83.4 Å². The van der Waals surface area contributed by atoms with Crippen LogP contribution in [0.2, 0.25) is 0 Å². The molecular formula is C28H27F2NO4. The maximum absolute atomic E-state index is 14.3. The predicted molar refractivity (Wildman–Crippen MR) is 128 cm³/mol. The van der Waals surface area contributed by atoms with Gasteiger partial charge in [0.25, 0.3) is 0 Å². The van der Waals surface area contributed by atoms with Gasteiger partial charge in [0, 0.05) is 23.7 Å². The molecule has 0 fully saturated rings. The molecule has 2 aliphatic rings. The molecule has 182 valence electrons. The lowest BCUT2D eigenvalue weighted by molar-refractivity contribution is -0.124. The van der Waals surface area contributed by atoms with Gasteiger partial charge in [-0.15, -0.1) is 0 Å². The third-order valence-electron chi connectivity index (χ3n) is 6.56. The quantitative estimate of drug-likeness (QED) is 0.430. The molecule has 0 aromatic heterocycles. The molecule has 5 rings (SSSR count). The summed E-state index contributed by atoms with van der Waals surface area (Å²) in [6.07, 6.45) is 0.481. The fourth-order valence-corrected chi connectivity index (χ4v) is 5.34. The lowest BCUT2D eigenvalue weighted by Crippen LogP contribution is -2.50. The number of halogens is 2. The van der Waals surface area contributed by atoms with Gasteiger partial charge in [-0.25, -0.2) is 0 Å². The minimum absolute atomic E-state index is 0.0339. The summed E-state index contributed by atoms with van der Waals surface area (Å²) in [7, 11) is 0. The van der Waals surface area contributed by atoms with E-state index in [2.05, 4.69) is 4.74 Å². The molecule has 35 heavy (non-hydrogen) atoms. The fraction of sp³-hybridized carbons (Fsp3) is 0.321. The van der Waals surface area contributed by atoms with Crippen molar-refractivity contribution < 1.29 is 27.8 Å². The molecule has 0 aliphatic carbocycles. The zero-order valence-corrected chi connectivity index (χ0v) is 19.9. The Bertz CT molecular complexity index is 1260. The zero-order valence-electron chi connectivity index (χ0n) is 19.9. The van der Waals surface area contributed by atoms with E-state index in [-0.39, 0.29) is 11.7 Å². The smallest absolute Gasteiger partial charge is 0.387 e. The molecule has 2 heterocycles. The Morgan fingerprint density at radius 1 is 1.00 bits per heavy atom. The number of hydrogen-bond acceptors (Lipinski definition) is 4. The molecule has 2 aliphatic heterocycles. The molecule has 1 spiro atoms. The minimum Gasteiger partial charge on any atom is -0.494 e. The van der Waals surface area contributed by atoms with E-state index < -0.39 is 17.6 Å². The maximum Gasteiger partial charge on any atom is 0.387 e. The first-order chi connectivity index (χ1) is 16.7. The molecule has 1 unspecified atom stereocenters. The van der Waals surface area contributed by atoms with Gasteiger partial charge in [0.2, 0.25) is 5.91 Å². The van der Waals surface area contributed by atoms with E-state index >= 15 is 0 Å². The normalized spacial score (nSPS) is 19.9. The van der Waals surface area contributed by atoms with Crippen LogP contribution in [-0.2, 0) is 16.8 Å². The van der Waals surface area contributed by atoms with E-state index in [1.54, 1.807) is 17.0 Å². The summed E-state index contributed by atoms with van der Waals surface area (Å²) in [6.45, 7) is 3.86. The monoisotopic (exact) mass is 479 g/mol. The molecule has 1 amide bonds. The van der Waals surface area contributed by atoms with Crippen LogP contribution in [0.3, 0.4) is 0 Å². The van der Waals surface area contributed by atoms with Crippen molar-refractivity contribution in [3.8, 4) is 17.2 Å². The molecule has 0 radical (unpaired) electrons. The second kappa shape index (κ2) is 8.56. The highest BCUT2D eigenvalue weighted by molar-refractivity contribution is 6.11. The number of anilines is 1. The molecule has 5 nitrogen and oxygen atoms in total. The van der Waals surface area contributed by atoms with Crippen molar-refractivity contribution >= 4 is 11.6 Å². The number of amides is 1. The van der Waals surface area contributed by atoms with E-state index in [1.807, 2.05) is 63.2 Å². The number of rotatable bonds is 6. The first kappa shape index (κ1) is 23.1. The number of alkyl halides is 2. The fourth-order valence-electron chi connectivity index (χ4n) is 5.34. The van der Waals surface area contributed by atoms with Crippen LogP contribution in [0.5, 0.6) is 17.2 Å². The Hall–Kier alpha value is -3.61. The summed E-state index contributed by atoms with van der Waals surface area (Å²) in [5, 5.41) is 0. The second-order valence-electron chi connectivity index (χ2n) is 9.47. The number of carbonyl (C=O) groups is 1. The molecular weight excluding hydrogens is 452 g/mol. The maximum atomic E-state index is 14.3. The molecule has 7 heteroatoms. The van der Waals surface area contributed by atoms with Crippen LogP contribution in [-0.4, -0.2) is 24.7 Å². The average Bonchev–Trinajstić information content (AvgIpc) is 3.02. The van der Waals surface area contributed by atoms with Gasteiger partial charge in [-0.2, -0.15) is 8.78 Å². The van der Waals surface area contributed by atoms with Crippen LogP contribution in [0.15, 0.2) is 66.7 Å². The van der Waals surface area contributed by atoms with Gasteiger partial charge >= 0.3 is 6.61 Å². The summed E-state index contributed by atoms with van der Waals surface area (Å²) in [6, 6.07) is 19.9. The van der Waals surface area contributed by atoms with E-state index in [0.29, 0.717) is 31.1 Å². The van der Waals surface area contributed by atoms with Gasteiger partial charge in [0.1, 0.15) is 28.3 Å². The van der Waals surface area contributed by atoms with Crippen LogP contribution in [0.25, 0.3) is 0 Å². The van der Waals surface area contributed by atoms with Gasteiger partial charge in [-0.3, -0.25) is 4.79 Å². The van der Waals surface area contributed by atoms with E-state index in [0.717, 1.165) is 22.4 Å². The predicted octanol–water partition coefficient (Wildman–Crippen LogP) is 6.08. The Morgan fingerprint density at radius 2 is 1.71 bits per heavy atom. The number of para-hydroxylation sites is 1. The third kappa shape index (κ3) is 3.99. The Morgan fingerprint density at radius 3 is 2.43 bits per heavy atom. The molecule has 3 aromatic carbocycles. The van der Waals surface area contributed by atoms with Crippen molar-refractivity contribution in [1.29, 1.82) is 0 Å². The Kier molecular flexibility index (Phi) is 5.66. The van der Waals surface area contributed by atoms with Crippen LogP contribution < -0.4 is 19.1 Å². The first-order valence-corrected chi connectivity index (χ1v) is 11.6. The highest BCUT2D eigenvalue weighted by atomic mass is 19.3. The number of carbonyl (C=O) groups excluding carboxylic acids is 1. The third-order valence-corrected chi connectivity index (χ3v) is 6.56. The first-order valence-electron chi connectivity index (χ1n) is 11.6. The summed E-state index contributed by atoms with van der Waals surface area (Å²) in [4.78, 5) is 16.1. The number of nitrogens with zero attached hydrogens (tertiary/aromatic N) is 1. The highest BCUT2D eigenvalue weighted by Crippen LogP contribution is 2.56. The van der Waals surface area contributed by atoms with Crippen LogP contribution in [0.4, 0.5) is 14.5 Å². The van der Waals surface area contributed by atoms with E-state index in [4.69, 9.17) is 9.47 Å². The number of benzene rings is 3. The highest BCUT2D eigenvalue weighted by Gasteiger charge is 2.58. The SMILES string of the molecule is CCOc1ccc2c(c1)OC(C)(C)CC21C(=O)N(Cc2ccc(OC(F)F)cc2)c2ccccc21. The summed E-state index contributed by atoms with van der Waals surface area (Å²) in [5.41, 5.74) is 1.90. The minimum atomic E-state index is -2.88. The van der Waals surface area contributed by atoms with Crippen molar-refractivity contribution in [1.82, 2.24) is 0 Å². The second-order valence-corrected chi connectivity index (χ2v) is 9.47. The summed E-state index contributed by atoms with van der Waals surface area (Å²) < 4.78 is 41.5. The molecule has 0 saturated heterocycles. The number of fused-ring (bicyclic) bond motifs is 4. The Labute approximate surface area is 203 Å². The zero-order chi connectivity index (χ0) is 24.8. The standard InChI is InChI=1S/C28H27F2NO4/c1-4-33-20-13-14-22-24(15-20)35-27(2,3)17-28(22)21-7-5-6-8-23(21)31(25(28)32)16-18-9-11-19(12-10-18)34-26(29)30/h5-15,26H,4,16-17H2,1-3H3. The van der Waals surface area contributed by atoms with Gasteiger partial charge in [0.05, 0.1) is 13.2 Å². The number of ether oxygens (including phenoxy) is 3. The average molecular weight is 480 g/mol. The summed E-state index contributed by atoms with van der Waals surface area (Å²) >= 11 is 0. The molecule has 0 N–H and O–H groups in total. The number of hydrogen-bond donors (Lipinski definition) is 0. The van der Waals surface area contributed by atoms with Crippen LogP contribution in [0.1, 0.15) is 43.9 Å². The van der Waals surface area contributed by atoms with Gasteiger partial charge in [-0.1, -0.05) is 36.4 Å². The topological polar surface area (TPSA) is 48.0 Å². The van der Waals surface area contributed by atoms with Gasteiger partial charge < -0.3 is 19.1 Å². The molecule has 0 saturated carbocycles. The molecule has 3 aromatic rings.